The van der Waals surface area contributed by atoms with Crippen LogP contribution in [0.4, 0.5) is 0 Å². The van der Waals surface area contributed by atoms with E-state index in [0.29, 0.717) is 18.5 Å². The Kier molecular flexibility index (Phi) is 16.9. The van der Waals surface area contributed by atoms with Gasteiger partial charge in [0.25, 0.3) is 0 Å². The van der Waals surface area contributed by atoms with Crippen molar-refractivity contribution in [1.29, 1.82) is 0 Å². The van der Waals surface area contributed by atoms with Gasteiger partial charge >= 0.3 is 0 Å². The molecule has 8 atom stereocenters. The minimum Gasteiger partial charge on any atom is -0.386 e. The maximum absolute atomic E-state index is 13.8. The zero-order valence-electron chi connectivity index (χ0n) is 27.3. The van der Waals surface area contributed by atoms with Crippen molar-refractivity contribution < 1.29 is 29.0 Å². The van der Waals surface area contributed by atoms with E-state index in [1.807, 2.05) is 17.9 Å². The maximum atomic E-state index is 13.8. The van der Waals surface area contributed by atoms with Gasteiger partial charge in [0.1, 0.15) is 0 Å². The number of rotatable bonds is 18. The molecular formula is C32H56N4O6. The molecule has 0 aromatic carbocycles. The van der Waals surface area contributed by atoms with E-state index in [1.165, 1.54) is 0 Å². The van der Waals surface area contributed by atoms with Gasteiger partial charge in [-0.1, -0.05) is 58.1 Å². The van der Waals surface area contributed by atoms with E-state index in [9.17, 15) is 19.5 Å². The molecule has 1 aliphatic heterocycles. The van der Waals surface area contributed by atoms with Crippen LogP contribution in [0.3, 0.4) is 0 Å². The normalized spacial score (nSPS) is 20.9. The molecule has 0 saturated carbocycles. The van der Waals surface area contributed by atoms with Crippen LogP contribution in [0.5, 0.6) is 0 Å². The highest BCUT2D eigenvalue weighted by Crippen LogP contribution is 2.29. The molecule has 10 nitrogen and oxygen atoms in total. The molecule has 0 aromatic heterocycles. The first-order valence-corrected chi connectivity index (χ1v) is 15.1. The van der Waals surface area contributed by atoms with Gasteiger partial charge in [0, 0.05) is 27.8 Å². The topological polar surface area (TPSA) is 120 Å². The van der Waals surface area contributed by atoms with Crippen LogP contribution in [0.1, 0.15) is 60.3 Å². The Hall–Kier alpha value is -2.53. The fourth-order valence-corrected chi connectivity index (χ4v) is 5.91. The van der Waals surface area contributed by atoms with Crippen LogP contribution in [0, 0.1) is 11.8 Å². The second kappa shape index (κ2) is 18.9. The van der Waals surface area contributed by atoms with Gasteiger partial charge < -0.3 is 35.0 Å². The number of ether oxygens (including phenoxy) is 2. The molecular weight excluding hydrogens is 536 g/mol. The smallest absolute Gasteiger partial charge is 0.236 e. The minimum absolute atomic E-state index is 0.0622. The number of hydrogen-bond donors (Lipinski definition) is 3. The van der Waals surface area contributed by atoms with E-state index in [0.717, 1.165) is 12.8 Å². The molecule has 7 unspecified atom stereocenters. The van der Waals surface area contributed by atoms with Crippen molar-refractivity contribution in [2.45, 2.75) is 96.7 Å². The van der Waals surface area contributed by atoms with Gasteiger partial charge in [-0.05, 0) is 45.2 Å². The average Bonchev–Trinajstić information content (AvgIpc) is 3.45. The molecule has 3 amide bonds. The quantitative estimate of drug-likeness (QED) is 0.209. The summed E-state index contributed by atoms with van der Waals surface area (Å²) < 4.78 is 11.7. The van der Waals surface area contributed by atoms with Gasteiger partial charge in [-0.3, -0.25) is 14.4 Å². The van der Waals surface area contributed by atoms with Gasteiger partial charge in [-0.25, -0.2) is 0 Å². The van der Waals surface area contributed by atoms with E-state index < -0.39 is 30.3 Å². The molecule has 42 heavy (non-hydrogen) atoms. The van der Waals surface area contributed by atoms with Crippen molar-refractivity contribution in [3.8, 4) is 0 Å². The highest BCUT2D eigenvalue weighted by Gasteiger charge is 2.42. The van der Waals surface area contributed by atoms with Crippen LogP contribution in [0.2, 0.25) is 0 Å². The second-order valence-corrected chi connectivity index (χ2v) is 11.3. The summed E-state index contributed by atoms with van der Waals surface area (Å²) in [5, 5.41) is 16.6. The van der Waals surface area contributed by atoms with Crippen LogP contribution >= 0.6 is 0 Å². The third kappa shape index (κ3) is 10.0. The molecule has 0 radical (unpaired) electrons. The van der Waals surface area contributed by atoms with Gasteiger partial charge in [0.15, 0.2) is 0 Å². The highest BCUT2D eigenvalue weighted by molar-refractivity contribution is 5.81. The molecule has 0 aliphatic carbocycles. The predicted octanol–water partition coefficient (Wildman–Crippen LogP) is 2.68. The Bertz CT molecular complexity index is 938. The summed E-state index contributed by atoms with van der Waals surface area (Å²) >= 11 is 0. The molecule has 1 rings (SSSR count). The molecule has 240 valence electrons. The van der Waals surface area contributed by atoms with E-state index in [-0.39, 0.29) is 48.7 Å². The first kappa shape index (κ1) is 37.5. The summed E-state index contributed by atoms with van der Waals surface area (Å²) in [6, 6.07) is -1.11. The van der Waals surface area contributed by atoms with E-state index in [4.69, 9.17) is 9.47 Å². The molecule has 10 heteroatoms. The Balaban J connectivity index is 3.08. The third-order valence-electron chi connectivity index (χ3n) is 8.49. The molecule has 1 fully saturated rings. The van der Waals surface area contributed by atoms with Gasteiger partial charge in [-0.15, -0.1) is 0 Å². The zero-order valence-corrected chi connectivity index (χ0v) is 27.3. The van der Waals surface area contributed by atoms with Crippen LogP contribution in [0.25, 0.3) is 0 Å². The van der Waals surface area contributed by atoms with Crippen molar-refractivity contribution >= 4 is 17.7 Å². The Morgan fingerprint density at radius 2 is 1.86 bits per heavy atom. The second-order valence-electron chi connectivity index (χ2n) is 11.3. The Morgan fingerprint density at radius 3 is 2.38 bits per heavy atom. The van der Waals surface area contributed by atoms with Crippen molar-refractivity contribution in [3.05, 3.63) is 36.5 Å². The van der Waals surface area contributed by atoms with Gasteiger partial charge in [0.2, 0.25) is 17.7 Å². The molecule has 3 N–H and O–H groups in total. The first-order valence-electron chi connectivity index (χ1n) is 15.1. The molecule has 0 aromatic rings. The van der Waals surface area contributed by atoms with Crippen LogP contribution in [-0.2, 0) is 23.9 Å². The van der Waals surface area contributed by atoms with Gasteiger partial charge in [-0.2, -0.15) is 0 Å². The number of likely N-dealkylation sites (N-methyl/N-ethyl adjacent to an activating group) is 2. The van der Waals surface area contributed by atoms with Crippen LogP contribution in [-0.4, -0.2) is 110 Å². The van der Waals surface area contributed by atoms with E-state index in [1.54, 1.807) is 65.3 Å². The number of carbonyl (C=O) groups excluding carboxylic acids is 3. The number of carbonyl (C=O) groups is 3. The maximum Gasteiger partial charge on any atom is 0.236 e. The van der Waals surface area contributed by atoms with Crippen molar-refractivity contribution in [3.63, 3.8) is 0 Å². The monoisotopic (exact) mass is 592 g/mol. The summed E-state index contributed by atoms with van der Waals surface area (Å²) in [6.45, 7) is 14.0. The first-order chi connectivity index (χ1) is 19.9. The number of allylic oxidation sites excluding steroid dienone is 3. The number of aliphatic hydroxyl groups excluding tert-OH is 1. The average molecular weight is 593 g/mol. The molecule has 1 aliphatic rings. The Labute approximate surface area is 253 Å². The number of aliphatic hydroxyl groups is 1. The van der Waals surface area contributed by atoms with Crippen molar-refractivity contribution in [2.24, 2.45) is 11.8 Å². The van der Waals surface area contributed by atoms with Gasteiger partial charge in [0.05, 0.1) is 55.3 Å². The van der Waals surface area contributed by atoms with Crippen molar-refractivity contribution in [1.82, 2.24) is 20.4 Å². The van der Waals surface area contributed by atoms with E-state index in [2.05, 4.69) is 31.1 Å². The summed E-state index contributed by atoms with van der Waals surface area (Å²) in [6.07, 6.45) is 7.42. The zero-order chi connectivity index (χ0) is 32.0. The summed E-state index contributed by atoms with van der Waals surface area (Å²) in [4.78, 5) is 43.3. The standard InChI is InChI=1S/C32H56N4O6/c1-11-15-24(16-12-2)30(39)23(6)34-32(40)22(5)31(42-10)25-17-14-18-36(25)27(37)19-26(41-9)29(21(4)13-3)35(8)28(38)20-33-7/h11-12,15-16,21-23,25-26,29-31,33,39H,1,13-14,17-20H2,2-10H3,(H,34,40)/b16-12-,24-15+/t21-,22?,23?,25?,26?,29?,30?,31?/m0/s1. The van der Waals surface area contributed by atoms with Crippen LogP contribution in [0.15, 0.2) is 36.5 Å². The lowest BCUT2D eigenvalue weighted by Gasteiger charge is -2.39. The number of nitrogens with one attached hydrogen (secondary N) is 2. The molecule has 0 spiro atoms. The number of nitrogens with zero attached hydrogens (tertiary/aromatic N) is 2. The number of hydrogen-bond acceptors (Lipinski definition) is 7. The van der Waals surface area contributed by atoms with Crippen molar-refractivity contribution in [2.75, 3.05) is 41.4 Å². The van der Waals surface area contributed by atoms with Crippen LogP contribution < -0.4 is 10.6 Å². The summed E-state index contributed by atoms with van der Waals surface area (Å²) in [5.41, 5.74) is 0.644. The molecule has 1 heterocycles. The number of likely N-dealkylation sites (tertiary alicyclic amines) is 1. The van der Waals surface area contributed by atoms with E-state index >= 15 is 0 Å². The number of methoxy groups -OCH3 is 2. The number of amides is 3. The molecule has 1 saturated heterocycles. The highest BCUT2D eigenvalue weighted by atomic mass is 16.5. The minimum atomic E-state index is -0.913. The largest absolute Gasteiger partial charge is 0.386 e. The fraction of sp³-hybridized carbons (Fsp3) is 0.719. The summed E-state index contributed by atoms with van der Waals surface area (Å²) in [5.74, 6) is -0.871. The third-order valence-corrected chi connectivity index (χ3v) is 8.49. The lowest BCUT2D eigenvalue weighted by molar-refractivity contribution is -0.145. The predicted molar refractivity (Wildman–Crippen MR) is 167 cm³/mol. The Morgan fingerprint density at radius 1 is 1.19 bits per heavy atom. The summed E-state index contributed by atoms with van der Waals surface area (Å²) in [7, 11) is 6.63. The SMILES string of the molecule is C=C/C=C(\C=C/C)C(O)C(C)NC(=O)C(C)C(OC)C1CCCN1C(=O)CC(OC)C([C@@H](C)CC)N(C)C(=O)CNC. The fourth-order valence-electron chi connectivity index (χ4n) is 5.91. The lowest BCUT2D eigenvalue weighted by atomic mass is 9.90. The molecule has 0 bridgehead atoms. The lowest BCUT2D eigenvalue weighted by Crippen LogP contribution is -2.54.